The molecule has 0 saturated carbocycles. The van der Waals surface area contributed by atoms with E-state index in [1.165, 1.54) is 77.9 Å². The first kappa shape index (κ1) is 37.8. The summed E-state index contributed by atoms with van der Waals surface area (Å²) in [4.78, 5) is 0. The van der Waals surface area contributed by atoms with Gasteiger partial charge < -0.3 is 0 Å². The summed E-state index contributed by atoms with van der Waals surface area (Å²) in [6, 6.07) is 27.8. The van der Waals surface area contributed by atoms with Gasteiger partial charge in [-0.3, -0.25) is 0 Å². The Morgan fingerprint density at radius 3 is 1.32 bits per heavy atom. The Bertz CT molecular complexity index is 1860. The van der Waals surface area contributed by atoms with Gasteiger partial charge in [0, 0.05) is 0 Å². The molecule has 4 aromatic rings. The summed E-state index contributed by atoms with van der Waals surface area (Å²) in [5.41, 5.74) is 19.5. The number of hydrogen-bond acceptors (Lipinski definition) is 0. The van der Waals surface area contributed by atoms with Crippen LogP contribution in [-0.4, -0.2) is 5.92 Å². The Kier molecular flexibility index (Phi) is 10.9. The monoisotopic (exact) mass is 797 g/mol. The zero-order valence-corrected chi connectivity index (χ0v) is 37.2. The molecule has 0 radical (unpaired) electrons. The molecule has 2 aliphatic carbocycles. The number of rotatable bonds is 11. The molecule has 4 heteroatoms. The second-order valence-corrected chi connectivity index (χ2v) is 58.7. The molecule has 2 atom stereocenters. The van der Waals surface area contributed by atoms with Crippen molar-refractivity contribution in [1.82, 2.24) is 0 Å². The van der Waals surface area contributed by atoms with Crippen LogP contribution in [-0.2, 0) is 28.4 Å². The predicted molar refractivity (Wildman–Crippen MR) is 223 cm³/mol. The van der Waals surface area contributed by atoms with Crippen LogP contribution >= 0.6 is 17.0 Å². The third-order valence-corrected chi connectivity index (χ3v) is 64.2. The van der Waals surface area contributed by atoms with Crippen LogP contribution in [0.2, 0.25) is 13.1 Å². The van der Waals surface area contributed by atoms with Gasteiger partial charge >= 0.3 is 315 Å². The van der Waals surface area contributed by atoms with E-state index >= 15 is 0 Å². The predicted octanol–water partition coefficient (Wildman–Crippen LogP) is 14.8. The second kappa shape index (κ2) is 14.5. The molecular weight excluding hydrogens is 743 g/mol. The van der Waals surface area contributed by atoms with Gasteiger partial charge in [0.15, 0.2) is 0 Å². The van der Waals surface area contributed by atoms with Gasteiger partial charge in [0.2, 0.25) is 0 Å². The summed E-state index contributed by atoms with van der Waals surface area (Å²) in [6.45, 7) is 23.4. The van der Waals surface area contributed by atoms with Crippen LogP contribution in [0.15, 0.2) is 83.9 Å². The Morgan fingerprint density at radius 2 is 0.980 bits per heavy atom. The van der Waals surface area contributed by atoms with Gasteiger partial charge in [-0.1, -0.05) is 0 Å². The summed E-state index contributed by atoms with van der Waals surface area (Å²) < 4.78 is 0.172. The molecule has 4 aromatic carbocycles. The molecule has 6 rings (SSSR count). The SMILES string of the molecule is CCCc1ccc2c(c1-c1ccccc1C(C)C)C=C(C)[CH]2[Zr]([Cl])([Cl])([CH]1C(C)=Cc2c1ccc(CCC)c2-c1ccccc1C(C)C)[SiH](C)C. The quantitative estimate of drug-likeness (QED) is 0.133. The summed E-state index contributed by atoms with van der Waals surface area (Å²) in [5, 5.41) is 0. The number of allylic oxidation sites excluding steroid dienone is 2. The average molecular weight is 800 g/mol. The van der Waals surface area contributed by atoms with E-state index in [2.05, 4.69) is 153 Å². The van der Waals surface area contributed by atoms with Gasteiger partial charge in [0.25, 0.3) is 0 Å². The summed E-state index contributed by atoms with van der Waals surface area (Å²) in [6.07, 6.45) is 9.32. The third kappa shape index (κ3) is 6.07. The summed E-state index contributed by atoms with van der Waals surface area (Å²) in [7, 11) is 17.4. The molecule has 0 fully saturated rings. The van der Waals surface area contributed by atoms with Gasteiger partial charge in [-0.2, -0.15) is 0 Å². The second-order valence-electron chi connectivity index (χ2n) is 16.2. The average Bonchev–Trinajstić information content (AvgIpc) is 3.61. The van der Waals surface area contributed by atoms with Crippen LogP contribution in [0.1, 0.15) is 132 Å². The van der Waals surface area contributed by atoms with E-state index < -0.39 is 21.5 Å². The Hall–Kier alpha value is -1.96. The van der Waals surface area contributed by atoms with E-state index in [4.69, 9.17) is 17.0 Å². The first-order chi connectivity index (χ1) is 23.8. The van der Waals surface area contributed by atoms with Crippen LogP contribution in [0, 0.1) is 0 Å². The number of hydrogen-bond donors (Lipinski definition) is 0. The zero-order valence-electron chi connectivity index (χ0n) is 32.1. The van der Waals surface area contributed by atoms with Crippen molar-refractivity contribution < 1.29 is 15.6 Å². The fraction of sp³-hybridized carbons (Fsp3) is 0.391. The van der Waals surface area contributed by atoms with Crippen molar-refractivity contribution in [3.8, 4) is 22.3 Å². The molecular formula is C46H57Cl2SiZr. The Balaban J connectivity index is 1.61. The van der Waals surface area contributed by atoms with Crippen LogP contribution in [0.25, 0.3) is 34.4 Å². The molecule has 0 saturated heterocycles. The molecule has 0 heterocycles. The zero-order chi connectivity index (χ0) is 36.1. The fourth-order valence-corrected chi connectivity index (χ4v) is 42.6. The van der Waals surface area contributed by atoms with Crippen molar-refractivity contribution in [2.45, 2.75) is 113 Å². The Labute approximate surface area is 312 Å². The van der Waals surface area contributed by atoms with Gasteiger partial charge in [0.1, 0.15) is 0 Å². The maximum absolute atomic E-state index is 8.70. The minimum absolute atomic E-state index is 0.0862. The van der Waals surface area contributed by atoms with Crippen molar-refractivity contribution >= 4 is 35.1 Å². The third-order valence-electron chi connectivity index (χ3n) is 12.0. The first-order valence-electron chi connectivity index (χ1n) is 19.2. The molecule has 2 aliphatic rings. The molecule has 2 unspecified atom stereocenters. The molecule has 0 nitrogen and oxygen atoms in total. The summed E-state index contributed by atoms with van der Waals surface area (Å²) >= 11 is -4.84. The molecule has 0 bridgehead atoms. The van der Waals surface area contributed by atoms with Gasteiger partial charge in [-0.05, 0) is 0 Å². The summed E-state index contributed by atoms with van der Waals surface area (Å²) in [5.74, 6) is -0.773. The fourth-order valence-electron chi connectivity index (χ4n) is 9.63. The van der Waals surface area contributed by atoms with Gasteiger partial charge in [-0.25, -0.2) is 0 Å². The standard InChI is InChI=1S/2C22H25.C2H7Si.2ClH.Zr/c2*1-5-8-17-11-12-18-13-16(4)14-21(18)22(17)20-10-7-6-9-19(20)15(2)3;1-3-2;;;/h2*6-7,9-15H,5,8H2,1-4H3;3H,1-2H3;2*1H;/q;;;;;+2/p-2. The molecule has 0 spiro atoms. The topological polar surface area (TPSA) is 0 Å². The number of fused-ring (bicyclic) bond motifs is 2. The van der Waals surface area contributed by atoms with Gasteiger partial charge in [-0.15, -0.1) is 0 Å². The van der Waals surface area contributed by atoms with E-state index in [0.29, 0.717) is 11.8 Å². The van der Waals surface area contributed by atoms with E-state index in [-0.39, 0.29) is 7.25 Å². The minimum atomic E-state index is -4.84. The molecule has 50 heavy (non-hydrogen) atoms. The van der Waals surface area contributed by atoms with Crippen molar-refractivity contribution in [2.75, 3.05) is 0 Å². The van der Waals surface area contributed by atoms with Crippen LogP contribution in [0.5, 0.6) is 0 Å². The van der Waals surface area contributed by atoms with Crippen LogP contribution in [0.4, 0.5) is 0 Å². The Morgan fingerprint density at radius 1 is 0.600 bits per heavy atom. The molecule has 0 amide bonds. The normalized spacial score (nSPS) is 17.9. The van der Waals surface area contributed by atoms with Gasteiger partial charge in [0.05, 0.1) is 0 Å². The maximum atomic E-state index is 8.70. The molecule has 0 N–H and O–H groups in total. The molecule has 0 aliphatic heterocycles. The molecule has 0 aromatic heterocycles. The van der Waals surface area contributed by atoms with E-state index in [1.807, 2.05) is 0 Å². The number of benzene rings is 4. The van der Waals surface area contributed by atoms with Crippen LogP contribution in [0.3, 0.4) is 0 Å². The first-order valence-corrected chi connectivity index (χ1v) is 35.5. The van der Waals surface area contributed by atoms with Crippen LogP contribution < -0.4 is 0 Å². The number of halogens is 2. The van der Waals surface area contributed by atoms with E-state index in [9.17, 15) is 0 Å². The van der Waals surface area contributed by atoms with E-state index in [0.717, 1.165) is 25.7 Å². The van der Waals surface area contributed by atoms with Crippen molar-refractivity contribution in [3.63, 3.8) is 0 Å². The van der Waals surface area contributed by atoms with Crippen molar-refractivity contribution in [3.05, 3.63) is 128 Å². The molecule has 263 valence electrons. The number of aryl methyl sites for hydroxylation is 2. The van der Waals surface area contributed by atoms with E-state index in [1.54, 1.807) is 0 Å². The van der Waals surface area contributed by atoms with Crippen molar-refractivity contribution in [1.29, 1.82) is 0 Å². The van der Waals surface area contributed by atoms with Crippen molar-refractivity contribution in [2.24, 2.45) is 0 Å².